The Hall–Kier alpha value is -4.46. The van der Waals surface area contributed by atoms with Gasteiger partial charge in [0.25, 0.3) is 0 Å². The van der Waals surface area contributed by atoms with Crippen molar-refractivity contribution in [2.75, 3.05) is 13.7 Å². The van der Waals surface area contributed by atoms with E-state index >= 15 is 4.39 Å². The third kappa shape index (κ3) is 6.75. The molecule has 0 spiro atoms. The molecule has 0 radical (unpaired) electrons. The number of amides is 2. The summed E-state index contributed by atoms with van der Waals surface area (Å²) >= 11 is 7.65. The summed E-state index contributed by atoms with van der Waals surface area (Å²) in [5, 5.41) is 15.2. The second-order valence-corrected chi connectivity index (χ2v) is 14.4. The van der Waals surface area contributed by atoms with Gasteiger partial charge in [0.05, 0.1) is 47.2 Å². The molecule has 6 rings (SSSR count). The maximum atomic E-state index is 16.2. The Morgan fingerprint density at radius 3 is 2.67 bits per heavy atom. The number of H-pyrrole nitrogens is 1. The summed E-state index contributed by atoms with van der Waals surface area (Å²) in [6, 6.07) is 9.79. The molecule has 0 aliphatic carbocycles. The van der Waals surface area contributed by atoms with Gasteiger partial charge in [0.1, 0.15) is 34.0 Å². The largest absolute Gasteiger partial charge is 0.464 e. The molecule has 2 amide bonds. The van der Waals surface area contributed by atoms with Gasteiger partial charge in [0, 0.05) is 28.7 Å². The van der Waals surface area contributed by atoms with E-state index in [0.29, 0.717) is 57.1 Å². The molecule has 0 saturated carbocycles. The lowest BCUT2D eigenvalue weighted by atomic mass is 10.0. The Labute approximate surface area is 292 Å². The zero-order chi connectivity index (χ0) is 35.2. The van der Waals surface area contributed by atoms with Gasteiger partial charge in [-0.1, -0.05) is 32.4 Å². The van der Waals surface area contributed by atoms with Crippen LogP contribution in [0.1, 0.15) is 63.0 Å². The minimum absolute atomic E-state index is 0.155. The number of rotatable bonds is 10. The number of hydrogen-bond acceptors (Lipinski definition) is 8. The molecule has 0 saturated heterocycles. The van der Waals surface area contributed by atoms with Crippen LogP contribution in [-0.4, -0.2) is 61.2 Å². The van der Waals surface area contributed by atoms with Gasteiger partial charge in [-0.05, 0) is 62.6 Å². The molecular formula is C35H38ClFN6O5S. The molecule has 1 aliphatic heterocycles. The maximum Gasteiger partial charge on any atom is 0.407 e. The molecule has 49 heavy (non-hydrogen) atoms. The van der Waals surface area contributed by atoms with E-state index in [9.17, 15) is 14.7 Å². The van der Waals surface area contributed by atoms with E-state index in [0.717, 1.165) is 15.8 Å². The minimum Gasteiger partial charge on any atom is -0.464 e. The Morgan fingerprint density at radius 1 is 1.22 bits per heavy atom. The van der Waals surface area contributed by atoms with E-state index in [2.05, 4.69) is 20.3 Å². The number of benzene rings is 2. The third-order valence-corrected chi connectivity index (χ3v) is 9.93. The summed E-state index contributed by atoms with van der Waals surface area (Å²) in [6.45, 7) is 9.59. The predicted molar refractivity (Wildman–Crippen MR) is 186 cm³/mol. The minimum atomic E-state index is -1.15. The van der Waals surface area contributed by atoms with Crippen molar-refractivity contribution in [3.8, 4) is 28.3 Å². The number of fused-ring (bicyclic) bond motifs is 5. The second-order valence-electron chi connectivity index (χ2n) is 12.9. The predicted octanol–water partition coefficient (Wildman–Crippen LogP) is 7.23. The van der Waals surface area contributed by atoms with Gasteiger partial charge in [0.2, 0.25) is 12.1 Å². The Kier molecular flexibility index (Phi) is 9.44. The fourth-order valence-electron chi connectivity index (χ4n) is 5.98. The Morgan fingerprint density at radius 2 is 2.00 bits per heavy atom. The van der Waals surface area contributed by atoms with Gasteiger partial charge < -0.3 is 29.8 Å². The molecule has 3 aromatic heterocycles. The van der Waals surface area contributed by atoms with Crippen molar-refractivity contribution < 1.29 is 28.6 Å². The van der Waals surface area contributed by atoms with Crippen molar-refractivity contribution >= 4 is 45.8 Å². The zero-order valence-electron chi connectivity index (χ0n) is 28.0. The molecule has 2 aromatic carbocycles. The first-order valence-corrected chi connectivity index (χ1v) is 17.2. The third-order valence-electron chi connectivity index (χ3n) is 8.35. The highest BCUT2D eigenvalue weighted by Crippen LogP contribution is 2.48. The highest BCUT2D eigenvalue weighted by Gasteiger charge is 2.34. The Bertz CT molecular complexity index is 2030. The van der Waals surface area contributed by atoms with Crippen molar-refractivity contribution in [2.45, 2.75) is 65.5 Å². The number of carbonyl (C=O) groups excluding carboxylic acids is 2. The number of halogens is 2. The quantitative estimate of drug-likeness (QED) is 0.139. The summed E-state index contributed by atoms with van der Waals surface area (Å²) in [7, 11) is 1.25. The molecule has 2 atom stereocenters. The Balaban J connectivity index is 1.35. The molecule has 2 unspecified atom stereocenters. The van der Waals surface area contributed by atoms with Crippen molar-refractivity contribution in [3.63, 3.8) is 0 Å². The van der Waals surface area contributed by atoms with E-state index in [1.807, 2.05) is 43.5 Å². The van der Waals surface area contributed by atoms with Crippen LogP contribution < -0.4 is 10.1 Å². The molecule has 0 bridgehead atoms. The molecule has 4 heterocycles. The number of hydrogen-bond donors (Lipinski definition) is 3. The smallest absolute Gasteiger partial charge is 0.407 e. The van der Waals surface area contributed by atoms with Crippen molar-refractivity contribution in [1.29, 1.82) is 0 Å². The average Bonchev–Trinajstić information content (AvgIpc) is 3.81. The maximum absolute atomic E-state index is 16.2. The second kappa shape index (κ2) is 13.4. The summed E-state index contributed by atoms with van der Waals surface area (Å²) in [4.78, 5) is 40.0. The van der Waals surface area contributed by atoms with Crippen LogP contribution in [0.4, 0.5) is 9.18 Å². The molecule has 0 fully saturated rings. The van der Waals surface area contributed by atoms with E-state index in [4.69, 9.17) is 21.1 Å². The van der Waals surface area contributed by atoms with Crippen LogP contribution in [-0.2, 0) is 21.7 Å². The van der Waals surface area contributed by atoms with E-state index in [-0.39, 0.29) is 18.4 Å². The molecular weight excluding hydrogens is 671 g/mol. The number of thiazole rings is 1. The van der Waals surface area contributed by atoms with Crippen LogP contribution in [0.5, 0.6) is 5.75 Å². The molecule has 1 aliphatic rings. The van der Waals surface area contributed by atoms with Gasteiger partial charge in [0.15, 0.2) is 0 Å². The molecule has 5 aromatic rings. The molecule has 3 N–H and O–H groups in total. The van der Waals surface area contributed by atoms with Gasteiger partial charge in [-0.2, -0.15) is 0 Å². The summed E-state index contributed by atoms with van der Waals surface area (Å²) in [5.74, 6) is -0.104. The lowest BCUT2D eigenvalue weighted by Crippen LogP contribution is -2.51. The van der Waals surface area contributed by atoms with Crippen LogP contribution in [0.15, 0.2) is 48.8 Å². The van der Waals surface area contributed by atoms with Crippen molar-refractivity contribution in [1.82, 2.24) is 29.7 Å². The van der Waals surface area contributed by atoms with Crippen LogP contribution in [0, 0.1) is 11.7 Å². The van der Waals surface area contributed by atoms with E-state index < -0.39 is 29.8 Å². The number of alkyl carbamates (subject to hydrolysis) is 1. The van der Waals surface area contributed by atoms with Crippen molar-refractivity contribution in [3.05, 3.63) is 75.3 Å². The molecule has 11 nitrogen and oxygen atoms in total. The lowest BCUT2D eigenvalue weighted by molar-refractivity contribution is -0.135. The number of aromatic nitrogens is 4. The highest BCUT2D eigenvalue weighted by molar-refractivity contribution is 7.11. The fraction of sp³-hybridized carbons (Fsp3) is 0.371. The number of nitrogens with one attached hydrogen (secondary N) is 2. The van der Waals surface area contributed by atoms with Crippen LogP contribution in [0.2, 0.25) is 5.02 Å². The van der Waals surface area contributed by atoms with Gasteiger partial charge in [-0.25, -0.2) is 19.2 Å². The number of aromatic amines is 1. The number of aliphatic hydroxyl groups is 1. The topological polar surface area (TPSA) is 135 Å². The first-order chi connectivity index (χ1) is 23.3. The van der Waals surface area contributed by atoms with Crippen LogP contribution in [0.25, 0.3) is 33.4 Å². The summed E-state index contributed by atoms with van der Waals surface area (Å²) in [5.41, 5.74) is 1.62. The lowest BCUT2D eigenvalue weighted by Gasteiger charge is -2.30. The van der Waals surface area contributed by atoms with Gasteiger partial charge in [-0.3, -0.25) is 9.36 Å². The number of nitrogens with zero attached hydrogens (tertiary/aromatic N) is 4. The van der Waals surface area contributed by atoms with Crippen LogP contribution >= 0.6 is 22.9 Å². The number of methoxy groups -OCH3 is 1. The molecule has 14 heteroatoms. The zero-order valence-corrected chi connectivity index (χ0v) is 29.6. The van der Waals surface area contributed by atoms with E-state index in [1.54, 1.807) is 43.3 Å². The number of ether oxygens (including phenoxy) is 2. The van der Waals surface area contributed by atoms with Gasteiger partial charge >= 0.3 is 6.09 Å². The first kappa shape index (κ1) is 34.4. The average molecular weight is 709 g/mol. The van der Waals surface area contributed by atoms with Crippen LogP contribution in [0.3, 0.4) is 0 Å². The summed E-state index contributed by atoms with van der Waals surface area (Å²) in [6.07, 6.45) is 2.59. The molecule has 258 valence electrons. The number of carbonyl (C=O) groups is 2. The normalized spacial score (nSPS) is 14.7. The standard InChI is InChI=1S/C35H38ClFN6O5S/c1-7-10-42(31(44)30(18(2)3)41-34(45)47-6)17-28-38-15-23(40-28)19-12-22(37)29-25-13-20-11-21(36)8-9-24(20)43(25)32(48-26(29)14-19)27-16-39-33(49-27)35(4,5)46/h8-9,11-16,18,30,32,46H,7,10,17H2,1-6H3,(H,38,40)(H,41,45). The first-order valence-electron chi connectivity index (χ1n) is 16.0. The monoisotopic (exact) mass is 708 g/mol. The fourth-order valence-corrected chi connectivity index (χ4v) is 7.09. The summed E-state index contributed by atoms with van der Waals surface area (Å²) < 4.78 is 29.5. The van der Waals surface area contributed by atoms with Gasteiger partial charge in [-0.15, -0.1) is 11.3 Å². The van der Waals surface area contributed by atoms with Crippen molar-refractivity contribution in [2.24, 2.45) is 5.92 Å². The highest BCUT2D eigenvalue weighted by atomic mass is 35.5. The number of imidazole rings is 1. The van der Waals surface area contributed by atoms with E-state index in [1.165, 1.54) is 24.5 Å². The SMILES string of the molecule is CCCN(Cc1ncc(-c2cc(F)c3c(c2)OC(c2cnc(C(C)(C)O)s2)n2c-3cc3cc(Cl)ccc32)[nH]1)C(=O)C(NC(=O)OC)C(C)C.